The van der Waals surface area contributed by atoms with E-state index in [2.05, 4.69) is 10.2 Å². The van der Waals surface area contributed by atoms with Gasteiger partial charge in [-0.1, -0.05) is 32.8 Å². The molecule has 16 nitrogen and oxygen atoms in total. The van der Waals surface area contributed by atoms with Crippen molar-refractivity contribution in [1.29, 1.82) is 0 Å². The topological polar surface area (TPSA) is 223 Å². The number of hydrogen-bond donors (Lipinski definition) is 5. The molecule has 6 heterocycles. The van der Waals surface area contributed by atoms with Crippen LogP contribution in [-0.2, 0) is 29.1 Å². The van der Waals surface area contributed by atoms with Crippen LogP contribution in [0.4, 0.5) is 4.79 Å². The van der Waals surface area contributed by atoms with E-state index in [4.69, 9.17) is 14.5 Å². The monoisotopic (exact) mass is 864 g/mol. The third-order valence-electron chi connectivity index (χ3n) is 12.6. The molecule has 0 radical (unpaired) electrons. The Kier molecular flexibility index (Phi) is 10.5. The summed E-state index contributed by atoms with van der Waals surface area (Å²) in [6.45, 7) is 7.78. The Morgan fingerprint density at radius 3 is 2.42 bits per heavy atom. The minimum atomic E-state index is -1.21. The average Bonchev–Trinajstić information content (AvgIpc) is 3.80. The van der Waals surface area contributed by atoms with Gasteiger partial charge in [0.1, 0.15) is 41.1 Å². The van der Waals surface area contributed by atoms with Crippen molar-refractivity contribution in [3.05, 3.63) is 98.8 Å². The number of fused-ring (bicyclic) bond motifs is 5. The highest BCUT2D eigenvalue weighted by Gasteiger charge is 2.50. The van der Waals surface area contributed by atoms with E-state index in [1.165, 1.54) is 15.5 Å². The number of nitrogens with zero attached hydrogens (tertiary/aromatic N) is 6. The van der Waals surface area contributed by atoms with E-state index in [1.54, 1.807) is 59.2 Å². The number of rotatable bonds is 8. The van der Waals surface area contributed by atoms with Crippen LogP contribution in [0.25, 0.3) is 39.4 Å². The minimum Gasteiger partial charge on any atom is -0.508 e. The zero-order valence-corrected chi connectivity index (χ0v) is 35.1. The van der Waals surface area contributed by atoms with E-state index in [0.717, 1.165) is 16.5 Å². The predicted octanol–water partition coefficient (Wildman–Crippen LogP) is 7.11. The van der Waals surface area contributed by atoms with E-state index >= 15 is 0 Å². The van der Waals surface area contributed by atoms with E-state index < -0.39 is 35.6 Å². The molecular weight excluding hydrogens is 820 g/mol. The normalized spacial score (nSPS) is 19.1. The Balaban J connectivity index is 0.00000529. The van der Waals surface area contributed by atoms with Gasteiger partial charge in [-0.3, -0.25) is 9.59 Å². The molecule has 0 aliphatic carbocycles. The van der Waals surface area contributed by atoms with E-state index in [1.807, 2.05) is 27.7 Å². The van der Waals surface area contributed by atoms with Crippen molar-refractivity contribution in [3.8, 4) is 57.5 Å². The molecule has 17 heteroatoms. The quantitative estimate of drug-likeness (QED) is 0.0962. The van der Waals surface area contributed by atoms with Gasteiger partial charge < -0.3 is 44.5 Å². The van der Waals surface area contributed by atoms with Gasteiger partial charge in [-0.05, 0) is 90.0 Å². The first-order valence-electron chi connectivity index (χ1n) is 20.3. The van der Waals surface area contributed by atoms with Crippen molar-refractivity contribution in [3.63, 3.8) is 0 Å². The Morgan fingerprint density at radius 2 is 1.73 bits per heavy atom. The summed E-state index contributed by atoms with van der Waals surface area (Å²) in [5, 5.41) is 61.5. The van der Waals surface area contributed by atoms with Gasteiger partial charge in [-0.25, -0.2) is 14.3 Å². The maximum Gasteiger partial charge on any atom is 0.407 e. The zero-order valence-electron chi connectivity index (χ0n) is 34.3. The molecule has 0 spiro atoms. The smallest absolute Gasteiger partial charge is 0.407 e. The van der Waals surface area contributed by atoms with Crippen LogP contribution in [0.1, 0.15) is 86.6 Å². The highest BCUT2D eigenvalue weighted by atomic mass is 35.5. The summed E-state index contributed by atoms with van der Waals surface area (Å²) in [4.78, 5) is 47.3. The van der Waals surface area contributed by atoms with Crippen molar-refractivity contribution in [2.24, 2.45) is 0 Å². The average molecular weight is 865 g/mol. The molecule has 9 rings (SSSR count). The Bertz CT molecular complexity index is 2860. The molecule has 3 atom stereocenters. The zero-order chi connectivity index (χ0) is 43.1. The first-order valence-corrected chi connectivity index (χ1v) is 20.3. The molecule has 1 amide bonds. The molecule has 1 saturated heterocycles. The summed E-state index contributed by atoms with van der Waals surface area (Å²) < 4.78 is 15.4. The number of cyclic esters (lactones) is 1. The molecule has 0 saturated carbocycles. The van der Waals surface area contributed by atoms with Crippen LogP contribution < -0.4 is 10.3 Å². The number of pyridine rings is 2. The number of aromatic nitrogens is 5. The number of ether oxygens (including phenoxy) is 2. The van der Waals surface area contributed by atoms with Gasteiger partial charge in [-0.15, -0.1) is 17.5 Å². The number of carbonyl (C=O) groups is 2. The number of aryl methyl sites for hydroxylation is 1. The summed E-state index contributed by atoms with van der Waals surface area (Å²) in [5.41, 5.74) is 4.29. The number of benzene rings is 3. The first-order chi connectivity index (χ1) is 29.2. The lowest BCUT2D eigenvalue weighted by atomic mass is 9.75. The summed E-state index contributed by atoms with van der Waals surface area (Å²) >= 11 is 0. The largest absolute Gasteiger partial charge is 0.508 e. The lowest BCUT2D eigenvalue weighted by Crippen LogP contribution is -2.58. The fraction of sp³-hybridized carbons (Fsp3) is 0.333. The predicted molar refractivity (Wildman–Crippen MR) is 229 cm³/mol. The third-order valence-corrected chi connectivity index (χ3v) is 12.6. The molecule has 3 aromatic heterocycles. The first kappa shape index (κ1) is 41.9. The summed E-state index contributed by atoms with van der Waals surface area (Å²) in [5.74, 6) is -1.46. The number of phenolic OH excluding ortho intramolecular Hbond substituents is 3. The molecular formula is C45H45ClN6O10. The number of halogens is 1. The molecule has 322 valence electrons. The number of esters is 1. The molecule has 0 bridgehead atoms. The number of aromatic hydroxyl groups is 4. The Hall–Kier alpha value is -6.81. The van der Waals surface area contributed by atoms with Gasteiger partial charge in [0.05, 0.1) is 46.3 Å². The maximum absolute atomic E-state index is 14.3. The van der Waals surface area contributed by atoms with Gasteiger partial charge in [0.15, 0.2) is 5.82 Å². The van der Waals surface area contributed by atoms with Gasteiger partial charge >= 0.3 is 18.1 Å². The van der Waals surface area contributed by atoms with Crippen molar-refractivity contribution < 1.29 is 44.6 Å². The van der Waals surface area contributed by atoms with Crippen LogP contribution in [0.5, 0.6) is 29.0 Å². The van der Waals surface area contributed by atoms with E-state index in [9.17, 15) is 39.9 Å². The Labute approximate surface area is 361 Å². The number of hydrogen-bond acceptors (Lipinski definition) is 12. The molecule has 3 aliphatic rings. The number of likely N-dealkylation sites (tertiary alicyclic amines) is 1. The highest BCUT2D eigenvalue weighted by molar-refractivity contribution is 5.90. The van der Waals surface area contributed by atoms with Crippen LogP contribution in [0.15, 0.2) is 65.5 Å². The fourth-order valence-electron chi connectivity index (χ4n) is 9.45. The Morgan fingerprint density at radius 1 is 0.968 bits per heavy atom. The summed E-state index contributed by atoms with van der Waals surface area (Å²) in [6.07, 6.45) is 0.282. The summed E-state index contributed by atoms with van der Waals surface area (Å²) in [6, 6.07) is 15.0. The third kappa shape index (κ3) is 6.69. The van der Waals surface area contributed by atoms with Crippen molar-refractivity contribution in [1.82, 2.24) is 29.2 Å². The number of phenols is 3. The van der Waals surface area contributed by atoms with Gasteiger partial charge in [0.2, 0.25) is 0 Å². The number of carbonyl (C=O) groups excluding carboxylic acids is 1. The van der Waals surface area contributed by atoms with Crippen molar-refractivity contribution in [2.45, 2.75) is 90.0 Å². The van der Waals surface area contributed by atoms with Gasteiger partial charge in [-0.2, -0.15) is 0 Å². The van der Waals surface area contributed by atoms with Crippen LogP contribution in [-0.4, -0.2) is 85.0 Å². The van der Waals surface area contributed by atoms with Crippen molar-refractivity contribution in [2.75, 3.05) is 6.54 Å². The standard InChI is InChI=1S/C45H44N6O10.ClH/c1-5-26-28-15-24(52)9-12-33(28)46-39-31(26)20-50-34(39)17-29-32(41(50)55)21-60-42(56)38(29)35-19-45(6-2,13-14-49(35)44(58)59)61-25-10-7-23(8-11-25)51-40(47-48-43(51)57)30-16-27(22(3)4)36(53)18-37(30)54;/h7-12,15-18,22,35,38,52-54H,5-6,13-14,19-21H2,1-4H3,(H,48,57)(H,58,59);1H/t35?,38?,45-;/m0./s1. The van der Waals surface area contributed by atoms with E-state index in [-0.39, 0.29) is 84.2 Å². The molecule has 6 aromatic rings. The van der Waals surface area contributed by atoms with Crippen molar-refractivity contribution >= 4 is 35.4 Å². The van der Waals surface area contributed by atoms with Crippen LogP contribution in [0.3, 0.4) is 0 Å². The van der Waals surface area contributed by atoms with E-state index in [0.29, 0.717) is 58.7 Å². The molecule has 2 unspecified atom stereocenters. The molecule has 3 aromatic carbocycles. The van der Waals surface area contributed by atoms with Crippen LogP contribution in [0, 0.1) is 0 Å². The second kappa shape index (κ2) is 15.6. The summed E-state index contributed by atoms with van der Waals surface area (Å²) in [7, 11) is 0. The number of piperidine rings is 1. The fourth-order valence-corrected chi connectivity index (χ4v) is 9.45. The molecule has 1 fully saturated rings. The minimum absolute atomic E-state index is 0. The lowest BCUT2D eigenvalue weighted by Gasteiger charge is -2.47. The van der Waals surface area contributed by atoms with Gasteiger partial charge in [0.25, 0.3) is 5.56 Å². The SMILES string of the molecule is CCc1c2c(nc3ccc(O)cc13)-c1cc3c(c(=O)n1C2)COC(=O)C3C1C[C@@](CC)(Oc2ccc(-n3c(O)nnc3-c3cc(C(C)C)c(O)cc3O)cc2)CCN1C(=O)O.Cl. The van der Waals surface area contributed by atoms with Crippen LogP contribution in [0.2, 0.25) is 0 Å². The molecule has 3 aliphatic heterocycles. The highest BCUT2D eigenvalue weighted by Crippen LogP contribution is 2.45. The van der Waals surface area contributed by atoms with Crippen LogP contribution >= 0.6 is 12.4 Å². The molecule has 62 heavy (non-hydrogen) atoms. The molecule has 5 N–H and O–H groups in total. The second-order valence-corrected chi connectivity index (χ2v) is 16.3. The number of amides is 1. The maximum atomic E-state index is 14.3. The lowest BCUT2D eigenvalue weighted by molar-refractivity contribution is -0.151. The second-order valence-electron chi connectivity index (χ2n) is 16.3. The van der Waals surface area contributed by atoms with Gasteiger partial charge in [0, 0.05) is 36.4 Å². The number of carboxylic acid groups (broad SMARTS) is 1.